The Bertz CT molecular complexity index is 1020. The second-order valence-electron chi connectivity index (χ2n) is 7.95. The van der Waals surface area contributed by atoms with E-state index in [4.69, 9.17) is 0 Å². The van der Waals surface area contributed by atoms with Gasteiger partial charge in [0.1, 0.15) is 0 Å². The zero-order valence-electron chi connectivity index (χ0n) is 17.9. The summed E-state index contributed by atoms with van der Waals surface area (Å²) >= 11 is 0. The molecule has 28 heavy (non-hydrogen) atoms. The zero-order valence-corrected chi connectivity index (χ0v) is 17.9. The Hall–Kier alpha value is -2.69. The molecule has 0 spiro atoms. The lowest BCUT2D eigenvalue weighted by molar-refractivity contribution is 0.0981. The van der Waals surface area contributed by atoms with Gasteiger partial charge in [-0.1, -0.05) is 19.1 Å². The van der Waals surface area contributed by atoms with E-state index in [1.165, 1.54) is 0 Å². The van der Waals surface area contributed by atoms with Crippen molar-refractivity contribution >= 4 is 22.6 Å². The van der Waals surface area contributed by atoms with Gasteiger partial charge < -0.3 is 4.90 Å². The quantitative estimate of drug-likeness (QED) is 0.599. The molecule has 3 rings (SSSR count). The Morgan fingerprint density at radius 2 is 1.86 bits per heavy atom. The van der Waals surface area contributed by atoms with Crippen LogP contribution >= 0.6 is 0 Å². The van der Waals surface area contributed by atoms with Crippen molar-refractivity contribution in [3.8, 4) is 0 Å². The molecule has 0 aliphatic rings. The van der Waals surface area contributed by atoms with Crippen molar-refractivity contribution in [1.82, 2.24) is 14.8 Å². The molecule has 5 heteroatoms. The third-order valence-electron chi connectivity index (χ3n) is 5.29. The number of carbonyl (C=O) groups excluding carboxylic acids is 1. The molecule has 1 unspecified atom stereocenters. The van der Waals surface area contributed by atoms with Gasteiger partial charge in [-0.3, -0.25) is 4.79 Å². The van der Waals surface area contributed by atoms with E-state index in [1.54, 1.807) is 6.20 Å². The maximum absolute atomic E-state index is 13.7. The number of pyridine rings is 1. The number of aryl methyl sites for hydroxylation is 3. The average Bonchev–Trinajstić information content (AvgIpc) is 3.06. The molecule has 1 aromatic carbocycles. The molecule has 0 radical (unpaired) electrons. The van der Waals surface area contributed by atoms with Crippen molar-refractivity contribution in [1.29, 1.82) is 0 Å². The van der Waals surface area contributed by atoms with Crippen molar-refractivity contribution in [3.63, 3.8) is 0 Å². The number of anilines is 1. The Kier molecular flexibility index (Phi) is 5.54. The van der Waals surface area contributed by atoms with E-state index in [1.807, 2.05) is 43.3 Å². The van der Waals surface area contributed by atoms with Gasteiger partial charge in [0.05, 0.1) is 23.2 Å². The van der Waals surface area contributed by atoms with Crippen LogP contribution < -0.4 is 4.90 Å². The average molecular weight is 379 g/mol. The van der Waals surface area contributed by atoms with E-state index in [9.17, 15) is 4.79 Å². The third-order valence-corrected chi connectivity index (χ3v) is 5.29. The topological polar surface area (TPSA) is 51.0 Å². The first-order chi connectivity index (χ1) is 13.2. The van der Waals surface area contributed by atoms with Crippen LogP contribution in [-0.2, 0) is 0 Å². The lowest BCUT2D eigenvalue weighted by atomic mass is 10.1. The molecular weight excluding hydrogens is 348 g/mol. The van der Waals surface area contributed by atoms with Crippen LogP contribution in [0.1, 0.15) is 67.3 Å². The monoisotopic (exact) mass is 378 g/mol. The fourth-order valence-corrected chi connectivity index (χ4v) is 3.55. The van der Waals surface area contributed by atoms with E-state index in [0.29, 0.717) is 5.56 Å². The van der Waals surface area contributed by atoms with Gasteiger partial charge in [0, 0.05) is 17.4 Å². The molecule has 3 aromatic rings. The number of aromatic nitrogens is 3. The summed E-state index contributed by atoms with van der Waals surface area (Å²) in [5.41, 5.74) is 5.45. The molecule has 2 heterocycles. The molecule has 0 saturated carbocycles. The summed E-state index contributed by atoms with van der Waals surface area (Å²) < 4.78 is 1.93. The lowest BCUT2D eigenvalue weighted by Gasteiger charge is -2.29. The van der Waals surface area contributed by atoms with Crippen molar-refractivity contribution in [3.05, 3.63) is 52.8 Å². The molecule has 1 atom stereocenters. The summed E-state index contributed by atoms with van der Waals surface area (Å²) in [4.78, 5) is 20.3. The summed E-state index contributed by atoms with van der Waals surface area (Å²) in [6.45, 7) is 14.4. The van der Waals surface area contributed by atoms with Gasteiger partial charge in [0.15, 0.2) is 5.65 Å². The highest BCUT2D eigenvalue weighted by molar-refractivity contribution is 6.13. The number of carbonyl (C=O) groups is 1. The predicted octanol–water partition coefficient (Wildman–Crippen LogP) is 5.38. The van der Waals surface area contributed by atoms with Crippen LogP contribution in [0.15, 0.2) is 30.5 Å². The summed E-state index contributed by atoms with van der Waals surface area (Å²) in [6.07, 6.45) is 2.74. The SMILES string of the molecule is CCC(C)n1ncc2c(C(=O)N(c3cc(C)ccc3C)C(C)C)cc(C)nc21. The number of hydrogen-bond donors (Lipinski definition) is 0. The molecule has 0 aliphatic carbocycles. The Balaban J connectivity index is 2.18. The van der Waals surface area contributed by atoms with E-state index in [-0.39, 0.29) is 18.0 Å². The van der Waals surface area contributed by atoms with E-state index < -0.39 is 0 Å². The Labute approximate surface area is 167 Å². The number of amides is 1. The highest BCUT2D eigenvalue weighted by Gasteiger charge is 2.26. The zero-order chi connectivity index (χ0) is 20.6. The first-order valence-corrected chi connectivity index (χ1v) is 10.00. The predicted molar refractivity (Wildman–Crippen MR) is 115 cm³/mol. The molecule has 0 aliphatic heterocycles. The smallest absolute Gasteiger partial charge is 0.259 e. The van der Waals surface area contributed by atoms with Gasteiger partial charge in [0.25, 0.3) is 5.91 Å². The summed E-state index contributed by atoms with van der Waals surface area (Å²) in [5, 5.41) is 5.35. The Morgan fingerprint density at radius 1 is 1.14 bits per heavy atom. The number of fused-ring (bicyclic) bond motifs is 1. The van der Waals surface area contributed by atoms with Gasteiger partial charge in [-0.05, 0) is 71.2 Å². The van der Waals surface area contributed by atoms with Crippen molar-refractivity contribution < 1.29 is 4.79 Å². The summed E-state index contributed by atoms with van der Waals surface area (Å²) in [5.74, 6) is -0.0112. The molecule has 0 N–H and O–H groups in total. The molecule has 148 valence electrons. The first-order valence-electron chi connectivity index (χ1n) is 10.00. The van der Waals surface area contributed by atoms with E-state index >= 15 is 0 Å². The second kappa shape index (κ2) is 7.74. The minimum absolute atomic E-state index is 0.0112. The first kappa shape index (κ1) is 20.1. The number of rotatable bonds is 5. The minimum Gasteiger partial charge on any atom is -0.306 e. The maximum atomic E-state index is 13.7. The fraction of sp³-hybridized carbons (Fsp3) is 0.435. The van der Waals surface area contributed by atoms with E-state index in [2.05, 4.69) is 49.1 Å². The highest BCUT2D eigenvalue weighted by atomic mass is 16.2. The van der Waals surface area contributed by atoms with Crippen LogP contribution in [0.2, 0.25) is 0 Å². The van der Waals surface area contributed by atoms with Gasteiger partial charge in [0.2, 0.25) is 0 Å². The third kappa shape index (κ3) is 3.53. The van der Waals surface area contributed by atoms with E-state index in [0.717, 1.165) is 40.0 Å². The molecule has 2 aromatic heterocycles. The number of benzene rings is 1. The lowest BCUT2D eigenvalue weighted by Crippen LogP contribution is -2.37. The minimum atomic E-state index is -0.0112. The maximum Gasteiger partial charge on any atom is 0.259 e. The molecule has 0 bridgehead atoms. The summed E-state index contributed by atoms with van der Waals surface area (Å²) in [6, 6.07) is 8.37. The normalized spacial score (nSPS) is 12.6. The van der Waals surface area contributed by atoms with Crippen molar-refractivity contribution in [2.24, 2.45) is 0 Å². The van der Waals surface area contributed by atoms with Crippen LogP contribution in [0.4, 0.5) is 5.69 Å². The number of nitrogens with zero attached hydrogens (tertiary/aromatic N) is 4. The standard InChI is InChI=1S/C23H30N4O/c1-8-18(7)27-22-20(13-24-27)19(12-17(6)25-22)23(28)26(14(2)3)21-11-15(4)9-10-16(21)5/h9-14,18H,8H2,1-7H3. The highest BCUT2D eigenvalue weighted by Crippen LogP contribution is 2.29. The molecule has 0 fully saturated rings. The Morgan fingerprint density at radius 3 is 2.50 bits per heavy atom. The van der Waals surface area contributed by atoms with Crippen LogP contribution in [0.5, 0.6) is 0 Å². The molecule has 0 saturated heterocycles. The van der Waals surface area contributed by atoms with Gasteiger partial charge in [-0.15, -0.1) is 0 Å². The van der Waals surface area contributed by atoms with Crippen molar-refractivity contribution in [2.75, 3.05) is 4.90 Å². The van der Waals surface area contributed by atoms with Gasteiger partial charge in [-0.2, -0.15) is 5.10 Å². The number of hydrogen-bond acceptors (Lipinski definition) is 3. The summed E-state index contributed by atoms with van der Waals surface area (Å²) in [7, 11) is 0. The van der Waals surface area contributed by atoms with Crippen LogP contribution in [-0.4, -0.2) is 26.7 Å². The van der Waals surface area contributed by atoms with Crippen LogP contribution in [0, 0.1) is 20.8 Å². The molecule has 5 nitrogen and oxygen atoms in total. The van der Waals surface area contributed by atoms with Gasteiger partial charge in [-0.25, -0.2) is 9.67 Å². The second-order valence-corrected chi connectivity index (χ2v) is 7.95. The van der Waals surface area contributed by atoms with Crippen molar-refractivity contribution in [2.45, 2.75) is 67.0 Å². The fourth-order valence-electron chi connectivity index (χ4n) is 3.55. The largest absolute Gasteiger partial charge is 0.306 e. The van der Waals surface area contributed by atoms with Gasteiger partial charge >= 0.3 is 0 Å². The van der Waals surface area contributed by atoms with Crippen LogP contribution in [0.3, 0.4) is 0 Å². The molecule has 1 amide bonds. The molecular formula is C23H30N4O. The van der Waals surface area contributed by atoms with Crippen LogP contribution in [0.25, 0.3) is 11.0 Å².